The van der Waals surface area contributed by atoms with Gasteiger partial charge in [0.05, 0.1) is 12.5 Å². The van der Waals surface area contributed by atoms with E-state index in [4.69, 9.17) is 9.52 Å². The molecule has 1 atom stereocenters. The molecule has 7 heteroatoms. The Bertz CT molecular complexity index is 635. The summed E-state index contributed by atoms with van der Waals surface area (Å²) < 4.78 is 5.23. The number of carbonyl (C=O) groups is 2. The molecule has 1 saturated heterocycles. The Labute approximate surface area is 118 Å². The van der Waals surface area contributed by atoms with Crippen molar-refractivity contribution in [1.29, 1.82) is 0 Å². The zero-order chi connectivity index (χ0) is 14.1. The predicted octanol–water partition coefficient (Wildman–Crippen LogP) is 2.09. The Kier molecular flexibility index (Phi) is 3.27. The molecule has 20 heavy (non-hydrogen) atoms. The van der Waals surface area contributed by atoms with Gasteiger partial charge in [-0.2, -0.15) is 0 Å². The van der Waals surface area contributed by atoms with Gasteiger partial charge in [-0.3, -0.25) is 4.79 Å². The zero-order valence-electron chi connectivity index (χ0n) is 10.5. The minimum absolute atomic E-state index is 0.273. The van der Waals surface area contributed by atoms with E-state index in [1.807, 2.05) is 0 Å². The number of aliphatic carboxylic acids is 1. The van der Waals surface area contributed by atoms with Crippen LogP contribution in [0.4, 0.5) is 0 Å². The fourth-order valence-electron chi connectivity index (χ4n) is 2.30. The average molecular weight is 292 g/mol. The second kappa shape index (κ2) is 5.09. The number of amides is 1. The van der Waals surface area contributed by atoms with E-state index in [2.05, 4.69) is 4.98 Å². The molecule has 6 nitrogen and oxygen atoms in total. The molecule has 0 bridgehead atoms. The average Bonchev–Trinajstić information content (AvgIpc) is 3.17. The third kappa shape index (κ3) is 2.20. The molecule has 1 fully saturated rings. The smallest absolute Gasteiger partial charge is 0.326 e. The molecule has 1 N–H and O–H groups in total. The SMILES string of the molecule is O=C(O)[C@@H]1CCCN1C(=O)c1cnc(-c2ccco2)s1. The minimum atomic E-state index is -0.952. The fraction of sp³-hybridized carbons (Fsp3) is 0.308. The lowest BCUT2D eigenvalue weighted by Crippen LogP contribution is -2.40. The first-order valence-electron chi connectivity index (χ1n) is 6.20. The summed E-state index contributed by atoms with van der Waals surface area (Å²) in [6.45, 7) is 0.476. The van der Waals surface area contributed by atoms with E-state index in [1.165, 1.54) is 22.4 Å². The summed E-state index contributed by atoms with van der Waals surface area (Å²) in [6.07, 6.45) is 4.23. The standard InChI is InChI=1S/C13H12N2O4S/c16-12(15-5-1-3-8(15)13(17)18)10-7-14-11(20-10)9-4-2-6-19-9/h2,4,6-8H,1,3,5H2,(H,17,18)/t8-/m0/s1. The maximum Gasteiger partial charge on any atom is 0.326 e. The van der Waals surface area contributed by atoms with Crippen LogP contribution in [-0.2, 0) is 4.79 Å². The number of thiazole rings is 1. The second-order valence-electron chi connectivity index (χ2n) is 4.50. The van der Waals surface area contributed by atoms with Crippen molar-refractivity contribution in [2.24, 2.45) is 0 Å². The minimum Gasteiger partial charge on any atom is -0.480 e. The molecular weight excluding hydrogens is 280 g/mol. The first kappa shape index (κ1) is 12.9. The molecule has 0 spiro atoms. The maximum atomic E-state index is 12.3. The third-order valence-electron chi connectivity index (χ3n) is 3.25. The number of nitrogens with zero attached hydrogens (tertiary/aromatic N) is 2. The fourth-order valence-corrected chi connectivity index (χ4v) is 3.14. The van der Waals surface area contributed by atoms with Crippen molar-refractivity contribution in [3.63, 3.8) is 0 Å². The topological polar surface area (TPSA) is 83.6 Å². The van der Waals surface area contributed by atoms with Crippen molar-refractivity contribution >= 4 is 23.2 Å². The molecule has 0 aromatic carbocycles. The van der Waals surface area contributed by atoms with Gasteiger partial charge in [0.15, 0.2) is 10.8 Å². The molecule has 1 aliphatic heterocycles. The third-order valence-corrected chi connectivity index (χ3v) is 4.25. The summed E-state index contributed by atoms with van der Waals surface area (Å²) in [5.74, 6) is -0.623. The molecule has 0 unspecified atom stereocenters. The summed E-state index contributed by atoms with van der Waals surface area (Å²) in [6, 6.07) is 2.79. The van der Waals surface area contributed by atoms with Crippen LogP contribution in [0.2, 0.25) is 0 Å². The molecule has 3 heterocycles. The van der Waals surface area contributed by atoms with Crippen LogP contribution < -0.4 is 0 Å². The molecule has 2 aromatic heterocycles. The lowest BCUT2D eigenvalue weighted by atomic mass is 10.2. The number of rotatable bonds is 3. The largest absolute Gasteiger partial charge is 0.480 e. The number of furan rings is 1. The molecular formula is C13H12N2O4S. The Morgan fingerprint density at radius 1 is 1.50 bits per heavy atom. The van der Waals surface area contributed by atoms with E-state index in [1.54, 1.807) is 18.4 Å². The van der Waals surface area contributed by atoms with Gasteiger partial charge in [0.2, 0.25) is 0 Å². The molecule has 0 radical (unpaired) electrons. The first-order chi connectivity index (χ1) is 9.66. The summed E-state index contributed by atoms with van der Waals surface area (Å²) >= 11 is 1.21. The highest BCUT2D eigenvalue weighted by Gasteiger charge is 2.35. The van der Waals surface area contributed by atoms with E-state index in [-0.39, 0.29) is 5.91 Å². The van der Waals surface area contributed by atoms with Crippen molar-refractivity contribution in [3.05, 3.63) is 29.5 Å². The van der Waals surface area contributed by atoms with Gasteiger partial charge >= 0.3 is 5.97 Å². The Balaban J connectivity index is 1.83. The monoisotopic (exact) mass is 292 g/mol. The lowest BCUT2D eigenvalue weighted by Gasteiger charge is -2.20. The van der Waals surface area contributed by atoms with Gasteiger partial charge in [-0.1, -0.05) is 0 Å². The Morgan fingerprint density at radius 3 is 3.05 bits per heavy atom. The molecule has 1 aliphatic rings. The van der Waals surface area contributed by atoms with Crippen LogP contribution in [0, 0.1) is 0 Å². The van der Waals surface area contributed by atoms with Crippen LogP contribution in [0.5, 0.6) is 0 Å². The van der Waals surface area contributed by atoms with Crippen molar-refractivity contribution in [1.82, 2.24) is 9.88 Å². The number of carboxylic acid groups (broad SMARTS) is 1. The summed E-state index contributed by atoms with van der Waals surface area (Å²) in [4.78, 5) is 29.5. The van der Waals surface area contributed by atoms with Crippen molar-refractivity contribution in [3.8, 4) is 10.8 Å². The van der Waals surface area contributed by atoms with Crippen LogP contribution in [0.15, 0.2) is 29.0 Å². The summed E-state index contributed by atoms with van der Waals surface area (Å²) in [5.41, 5.74) is 0. The van der Waals surface area contributed by atoms with Crippen molar-refractivity contribution < 1.29 is 19.1 Å². The highest BCUT2D eigenvalue weighted by atomic mass is 32.1. The molecule has 2 aromatic rings. The number of carboxylic acids is 1. The number of likely N-dealkylation sites (tertiary alicyclic amines) is 1. The van der Waals surface area contributed by atoms with E-state index >= 15 is 0 Å². The van der Waals surface area contributed by atoms with Crippen LogP contribution in [0.25, 0.3) is 10.8 Å². The predicted molar refractivity (Wildman–Crippen MR) is 71.5 cm³/mol. The summed E-state index contributed by atoms with van der Waals surface area (Å²) in [5, 5.41) is 9.73. The molecule has 3 rings (SSSR count). The van der Waals surface area contributed by atoms with Gasteiger partial charge in [0, 0.05) is 6.54 Å². The number of aromatic nitrogens is 1. The molecule has 1 amide bonds. The molecule has 0 saturated carbocycles. The Hall–Kier alpha value is -2.15. The van der Waals surface area contributed by atoms with Crippen LogP contribution in [0.3, 0.4) is 0 Å². The van der Waals surface area contributed by atoms with Crippen LogP contribution in [-0.4, -0.2) is 39.5 Å². The highest BCUT2D eigenvalue weighted by Crippen LogP contribution is 2.28. The number of carbonyl (C=O) groups excluding carboxylic acids is 1. The van der Waals surface area contributed by atoms with E-state index < -0.39 is 12.0 Å². The van der Waals surface area contributed by atoms with Gasteiger partial charge in [0.1, 0.15) is 10.9 Å². The van der Waals surface area contributed by atoms with Gasteiger partial charge in [0.25, 0.3) is 5.91 Å². The first-order valence-corrected chi connectivity index (χ1v) is 7.02. The zero-order valence-corrected chi connectivity index (χ0v) is 11.3. The van der Waals surface area contributed by atoms with Gasteiger partial charge in [-0.15, -0.1) is 11.3 Å². The lowest BCUT2D eigenvalue weighted by molar-refractivity contribution is -0.141. The summed E-state index contributed by atoms with van der Waals surface area (Å²) in [7, 11) is 0. The quantitative estimate of drug-likeness (QED) is 0.936. The highest BCUT2D eigenvalue weighted by molar-refractivity contribution is 7.16. The molecule has 0 aliphatic carbocycles. The van der Waals surface area contributed by atoms with Gasteiger partial charge in [-0.25, -0.2) is 9.78 Å². The molecule has 104 valence electrons. The van der Waals surface area contributed by atoms with Gasteiger partial charge in [-0.05, 0) is 25.0 Å². The van der Waals surface area contributed by atoms with Crippen LogP contribution in [0.1, 0.15) is 22.5 Å². The normalized spacial score (nSPS) is 18.4. The second-order valence-corrected chi connectivity index (χ2v) is 5.53. The number of hydrogen-bond acceptors (Lipinski definition) is 5. The maximum absolute atomic E-state index is 12.3. The van der Waals surface area contributed by atoms with Crippen molar-refractivity contribution in [2.45, 2.75) is 18.9 Å². The Morgan fingerprint density at radius 2 is 2.35 bits per heavy atom. The number of hydrogen-bond donors (Lipinski definition) is 1. The van der Waals surface area contributed by atoms with E-state index in [0.717, 1.165) is 0 Å². The van der Waals surface area contributed by atoms with E-state index in [9.17, 15) is 9.59 Å². The van der Waals surface area contributed by atoms with Crippen molar-refractivity contribution in [2.75, 3.05) is 6.54 Å². The van der Waals surface area contributed by atoms with E-state index in [0.29, 0.717) is 35.0 Å². The van der Waals surface area contributed by atoms with Crippen LogP contribution >= 0.6 is 11.3 Å². The van der Waals surface area contributed by atoms with Gasteiger partial charge < -0.3 is 14.4 Å².